The molecular weight excluding hydrogens is 244 g/mol. The predicted octanol–water partition coefficient (Wildman–Crippen LogP) is 1.56. The Hall–Kier alpha value is -1.88. The summed E-state index contributed by atoms with van der Waals surface area (Å²) in [5, 5.41) is 5.44. The molecule has 0 atom stereocenters. The first kappa shape index (κ1) is 15.2. The zero-order chi connectivity index (χ0) is 14.3. The van der Waals surface area contributed by atoms with Gasteiger partial charge < -0.3 is 15.4 Å². The third-order valence-corrected chi connectivity index (χ3v) is 2.58. The molecule has 1 aromatic carbocycles. The van der Waals surface area contributed by atoms with Crippen molar-refractivity contribution in [3.05, 3.63) is 30.3 Å². The number of hydrogen-bond acceptors (Lipinski definition) is 3. The van der Waals surface area contributed by atoms with E-state index in [0.29, 0.717) is 12.3 Å². The smallest absolute Gasteiger partial charge is 0.249 e. The van der Waals surface area contributed by atoms with Crippen molar-refractivity contribution in [1.29, 1.82) is 0 Å². The largest absolute Gasteiger partial charge is 0.384 e. The van der Waals surface area contributed by atoms with Gasteiger partial charge in [0.15, 0.2) is 0 Å². The van der Waals surface area contributed by atoms with Crippen LogP contribution in [0, 0.1) is 0 Å². The molecule has 0 aliphatic carbocycles. The van der Waals surface area contributed by atoms with E-state index in [1.54, 1.807) is 26.0 Å². The maximum absolute atomic E-state index is 12.1. The summed E-state index contributed by atoms with van der Waals surface area (Å²) in [5.74, 6) is -0.473. The van der Waals surface area contributed by atoms with Crippen LogP contribution in [-0.2, 0) is 14.3 Å². The predicted molar refractivity (Wildman–Crippen MR) is 73.8 cm³/mol. The number of anilines is 1. The average molecular weight is 264 g/mol. The number of hydrogen-bond donors (Lipinski definition) is 2. The summed E-state index contributed by atoms with van der Waals surface area (Å²) < 4.78 is 4.82. The van der Waals surface area contributed by atoms with Gasteiger partial charge in [0.2, 0.25) is 11.8 Å². The van der Waals surface area contributed by atoms with E-state index in [1.165, 1.54) is 7.11 Å². The first-order valence-electron chi connectivity index (χ1n) is 6.12. The first-order valence-corrected chi connectivity index (χ1v) is 6.12. The molecule has 0 saturated carbocycles. The van der Waals surface area contributed by atoms with E-state index in [4.69, 9.17) is 4.74 Å². The minimum atomic E-state index is -0.972. The Morgan fingerprint density at radius 2 is 1.84 bits per heavy atom. The maximum atomic E-state index is 12.1. The van der Waals surface area contributed by atoms with Gasteiger partial charge >= 0.3 is 0 Å². The normalized spacial score (nSPS) is 10.9. The highest BCUT2D eigenvalue weighted by Gasteiger charge is 2.29. The molecule has 1 aromatic rings. The highest BCUT2D eigenvalue weighted by molar-refractivity contribution is 5.99. The highest BCUT2D eigenvalue weighted by Crippen LogP contribution is 2.10. The van der Waals surface area contributed by atoms with E-state index in [0.717, 1.165) is 0 Å². The minimum Gasteiger partial charge on any atom is -0.384 e. The van der Waals surface area contributed by atoms with Crippen molar-refractivity contribution in [3.8, 4) is 0 Å². The molecule has 0 bridgehead atoms. The van der Waals surface area contributed by atoms with Gasteiger partial charge in [0, 0.05) is 19.2 Å². The molecule has 1 rings (SSSR count). The van der Waals surface area contributed by atoms with Crippen molar-refractivity contribution in [2.75, 3.05) is 19.0 Å². The number of para-hydroxylation sites is 1. The Morgan fingerprint density at radius 3 is 2.42 bits per heavy atom. The van der Waals surface area contributed by atoms with Crippen molar-refractivity contribution < 1.29 is 14.3 Å². The number of carbonyl (C=O) groups excluding carboxylic acids is 2. The monoisotopic (exact) mass is 264 g/mol. The van der Waals surface area contributed by atoms with Gasteiger partial charge in [-0.2, -0.15) is 0 Å². The molecule has 19 heavy (non-hydrogen) atoms. The van der Waals surface area contributed by atoms with Crippen LogP contribution >= 0.6 is 0 Å². The van der Waals surface area contributed by atoms with Crippen LogP contribution in [0.1, 0.15) is 20.3 Å². The molecule has 5 heteroatoms. The molecule has 2 amide bonds. The van der Waals surface area contributed by atoms with Gasteiger partial charge in [-0.1, -0.05) is 18.2 Å². The van der Waals surface area contributed by atoms with Crippen LogP contribution in [0.15, 0.2) is 30.3 Å². The van der Waals surface area contributed by atoms with Crippen LogP contribution < -0.4 is 10.6 Å². The molecule has 2 N–H and O–H groups in total. The van der Waals surface area contributed by atoms with E-state index in [9.17, 15) is 9.59 Å². The number of methoxy groups -OCH3 is 1. The van der Waals surface area contributed by atoms with Gasteiger partial charge in [0.05, 0.1) is 6.61 Å². The zero-order valence-corrected chi connectivity index (χ0v) is 11.5. The van der Waals surface area contributed by atoms with Gasteiger partial charge in [0.1, 0.15) is 5.54 Å². The third kappa shape index (κ3) is 5.09. The van der Waals surface area contributed by atoms with Crippen molar-refractivity contribution in [1.82, 2.24) is 5.32 Å². The Balaban J connectivity index is 2.56. The number of carbonyl (C=O) groups is 2. The second kappa shape index (κ2) is 6.89. The summed E-state index contributed by atoms with van der Waals surface area (Å²) in [4.78, 5) is 23.7. The SMILES string of the molecule is COCCC(=O)NC(C)(C)C(=O)Nc1ccccc1. The standard InChI is InChI=1S/C14H20N2O3/c1-14(2,16-12(17)9-10-19-3)13(18)15-11-7-5-4-6-8-11/h4-8H,9-10H2,1-3H3,(H,15,18)(H,16,17). The molecule has 0 saturated heterocycles. The second-order valence-electron chi connectivity index (χ2n) is 4.74. The van der Waals surface area contributed by atoms with Gasteiger partial charge in [-0.25, -0.2) is 0 Å². The lowest BCUT2D eigenvalue weighted by Gasteiger charge is -2.25. The summed E-state index contributed by atoms with van der Waals surface area (Å²) in [6, 6.07) is 9.12. The number of nitrogens with one attached hydrogen (secondary N) is 2. The summed E-state index contributed by atoms with van der Waals surface area (Å²) in [7, 11) is 1.53. The molecule has 0 spiro atoms. The first-order chi connectivity index (χ1) is 8.95. The fraction of sp³-hybridized carbons (Fsp3) is 0.429. The van der Waals surface area contributed by atoms with Crippen LogP contribution in [0.3, 0.4) is 0 Å². The average Bonchev–Trinajstić information content (AvgIpc) is 2.37. The molecule has 0 aliphatic rings. The fourth-order valence-corrected chi connectivity index (χ4v) is 1.47. The van der Waals surface area contributed by atoms with Crippen LogP contribution in [0.2, 0.25) is 0 Å². The van der Waals surface area contributed by atoms with Gasteiger partial charge in [0.25, 0.3) is 0 Å². The molecule has 0 fully saturated rings. The maximum Gasteiger partial charge on any atom is 0.249 e. The third-order valence-electron chi connectivity index (χ3n) is 2.58. The second-order valence-corrected chi connectivity index (χ2v) is 4.74. The van der Waals surface area contributed by atoms with Crippen molar-refractivity contribution in [3.63, 3.8) is 0 Å². The molecule has 0 aromatic heterocycles. The van der Waals surface area contributed by atoms with Gasteiger partial charge in [-0.05, 0) is 26.0 Å². The number of benzene rings is 1. The van der Waals surface area contributed by atoms with E-state index in [1.807, 2.05) is 18.2 Å². The van der Waals surface area contributed by atoms with E-state index in [-0.39, 0.29) is 18.2 Å². The highest BCUT2D eigenvalue weighted by atomic mass is 16.5. The summed E-state index contributed by atoms with van der Waals surface area (Å²) in [6.07, 6.45) is 0.235. The molecular formula is C14H20N2O3. The van der Waals surface area contributed by atoms with Crippen LogP contribution in [-0.4, -0.2) is 31.1 Å². The van der Waals surface area contributed by atoms with Gasteiger partial charge in [-0.3, -0.25) is 9.59 Å². The van der Waals surface area contributed by atoms with E-state index < -0.39 is 5.54 Å². The fourth-order valence-electron chi connectivity index (χ4n) is 1.47. The molecule has 5 nitrogen and oxygen atoms in total. The summed E-state index contributed by atoms with van der Waals surface area (Å²) in [6.45, 7) is 3.66. The Morgan fingerprint density at radius 1 is 1.21 bits per heavy atom. The molecule has 0 heterocycles. The Labute approximate surface area is 113 Å². The van der Waals surface area contributed by atoms with Crippen molar-refractivity contribution >= 4 is 17.5 Å². The Kier molecular flexibility index (Phi) is 5.51. The van der Waals surface area contributed by atoms with Crippen LogP contribution in [0.5, 0.6) is 0 Å². The molecule has 104 valence electrons. The van der Waals surface area contributed by atoms with E-state index in [2.05, 4.69) is 10.6 Å². The quantitative estimate of drug-likeness (QED) is 0.819. The lowest BCUT2D eigenvalue weighted by atomic mass is 10.0. The molecule has 0 aliphatic heterocycles. The lowest BCUT2D eigenvalue weighted by molar-refractivity contribution is -0.129. The lowest BCUT2D eigenvalue weighted by Crippen LogP contribution is -2.52. The molecule has 0 unspecified atom stereocenters. The zero-order valence-electron chi connectivity index (χ0n) is 11.5. The number of amides is 2. The van der Waals surface area contributed by atoms with Crippen LogP contribution in [0.25, 0.3) is 0 Å². The van der Waals surface area contributed by atoms with Crippen LogP contribution in [0.4, 0.5) is 5.69 Å². The van der Waals surface area contributed by atoms with Crippen molar-refractivity contribution in [2.24, 2.45) is 0 Å². The number of rotatable bonds is 6. The summed E-state index contributed by atoms with van der Waals surface area (Å²) >= 11 is 0. The van der Waals surface area contributed by atoms with Crippen molar-refractivity contribution in [2.45, 2.75) is 25.8 Å². The van der Waals surface area contributed by atoms with Gasteiger partial charge in [-0.15, -0.1) is 0 Å². The topological polar surface area (TPSA) is 67.4 Å². The number of ether oxygens (including phenoxy) is 1. The van der Waals surface area contributed by atoms with E-state index >= 15 is 0 Å². The minimum absolute atomic E-state index is 0.213. The summed E-state index contributed by atoms with van der Waals surface area (Å²) in [5.41, 5.74) is -0.271. The Bertz CT molecular complexity index is 430. The molecule has 0 radical (unpaired) electrons.